The number of aromatic nitrogens is 1. The number of aryl methyl sites for hydroxylation is 1. The zero-order valence-electron chi connectivity index (χ0n) is 17.4. The van der Waals surface area contributed by atoms with E-state index in [0.717, 1.165) is 16.7 Å². The minimum atomic E-state index is -0.607. The number of esters is 1. The summed E-state index contributed by atoms with van der Waals surface area (Å²) in [5, 5.41) is 0.562. The highest BCUT2D eigenvalue weighted by Gasteiger charge is 2.33. The van der Waals surface area contributed by atoms with Crippen molar-refractivity contribution in [3.8, 4) is 0 Å². The third-order valence-electron chi connectivity index (χ3n) is 5.10. The van der Waals surface area contributed by atoms with Crippen LogP contribution in [0.5, 0.6) is 0 Å². The lowest BCUT2D eigenvalue weighted by Gasteiger charge is -2.24. The molecule has 0 N–H and O–H groups in total. The summed E-state index contributed by atoms with van der Waals surface area (Å²) in [5.74, 6) is -0.463. The Labute approximate surface area is 188 Å². The second-order valence-electron chi connectivity index (χ2n) is 7.23. The Balaban J connectivity index is 1.97. The number of hydrogen-bond acceptors (Lipinski definition) is 5. The number of benzene rings is 2. The van der Waals surface area contributed by atoms with Crippen molar-refractivity contribution in [2.24, 2.45) is 4.99 Å². The lowest BCUT2D eigenvalue weighted by molar-refractivity contribution is -0.139. The smallest absolute Gasteiger partial charge is 0.338 e. The third-order valence-corrected chi connectivity index (χ3v) is 6.43. The van der Waals surface area contributed by atoms with E-state index in [-0.39, 0.29) is 12.2 Å². The fraction of sp³-hybridized carbons (Fsp3) is 0.208. The minimum Gasteiger partial charge on any atom is -0.463 e. The van der Waals surface area contributed by atoms with Crippen LogP contribution in [-0.2, 0) is 9.53 Å². The van der Waals surface area contributed by atoms with Gasteiger partial charge >= 0.3 is 5.97 Å². The number of nitrogens with zero attached hydrogens (tertiary/aromatic N) is 2. The van der Waals surface area contributed by atoms with Crippen molar-refractivity contribution in [1.29, 1.82) is 0 Å². The number of carbonyl (C=O) groups excluding carboxylic acids is 1. The van der Waals surface area contributed by atoms with Gasteiger partial charge in [0.1, 0.15) is 0 Å². The van der Waals surface area contributed by atoms with Crippen LogP contribution in [0, 0.1) is 6.92 Å². The summed E-state index contributed by atoms with van der Waals surface area (Å²) >= 11 is 7.57. The first-order valence-electron chi connectivity index (χ1n) is 9.91. The van der Waals surface area contributed by atoms with Crippen molar-refractivity contribution in [3.63, 3.8) is 0 Å². The molecular weight excluding hydrogens is 432 g/mol. The van der Waals surface area contributed by atoms with Gasteiger partial charge in [-0.05, 0) is 44.0 Å². The van der Waals surface area contributed by atoms with Crippen molar-refractivity contribution in [2.45, 2.75) is 26.8 Å². The second kappa shape index (κ2) is 8.65. The van der Waals surface area contributed by atoms with Crippen LogP contribution in [0.3, 0.4) is 0 Å². The molecule has 1 aliphatic rings. The first kappa shape index (κ1) is 21.3. The molecule has 0 radical (unpaired) electrons. The van der Waals surface area contributed by atoms with Crippen molar-refractivity contribution < 1.29 is 9.53 Å². The molecule has 0 spiro atoms. The number of allylic oxidation sites excluding steroid dienone is 1. The summed E-state index contributed by atoms with van der Waals surface area (Å²) in [7, 11) is 0. The van der Waals surface area contributed by atoms with E-state index in [1.165, 1.54) is 11.3 Å². The molecule has 2 heterocycles. The van der Waals surface area contributed by atoms with Gasteiger partial charge in [-0.15, -0.1) is 0 Å². The van der Waals surface area contributed by atoms with Gasteiger partial charge in [-0.2, -0.15) is 0 Å². The number of fused-ring (bicyclic) bond motifs is 1. The maximum atomic E-state index is 13.5. The maximum absolute atomic E-state index is 13.5. The summed E-state index contributed by atoms with van der Waals surface area (Å²) in [6.07, 6.45) is 1.77. The first-order valence-corrected chi connectivity index (χ1v) is 11.1. The van der Waals surface area contributed by atoms with Crippen LogP contribution >= 0.6 is 22.9 Å². The molecule has 7 heteroatoms. The van der Waals surface area contributed by atoms with Crippen molar-refractivity contribution in [3.05, 3.63) is 101 Å². The summed E-state index contributed by atoms with van der Waals surface area (Å²) in [5.41, 5.74) is 3.38. The Morgan fingerprint density at radius 2 is 1.90 bits per heavy atom. The van der Waals surface area contributed by atoms with Crippen molar-refractivity contribution in [1.82, 2.24) is 4.57 Å². The zero-order valence-corrected chi connectivity index (χ0v) is 19.0. The van der Waals surface area contributed by atoms with Gasteiger partial charge in [0.25, 0.3) is 5.56 Å². The van der Waals surface area contributed by atoms with E-state index in [1.54, 1.807) is 30.6 Å². The summed E-state index contributed by atoms with van der Waals surface area (Å²) in [6, 6.07) is 14.5. The lowest BCUT2D eigenvalue weighted by Crippen LogP contribution is -2.39. The molecule has 1 atom stereocenters. The van der Waals surface area contributed by atoms with Gasteiger partial charge in [0, 0.05) is 5.02 Å². The molecule has 158 valence electrons. The van der Waals surface area contributed by atoms with E-state index in [9.17, 15) is 9.59 Å². The number of carbonyl (C=O) groups is 1. The maximum Gasteiger partial charge on any atom is 0.338 e. The quantitative estimate of drug-likeness (QED) is 0.566. The summed E-state index contributed by atoms with van der Waals surface area (Å²) < 4.78 is 7.39. The largest absolute Gasteiger partial charge is 0.463 e. The average molecular weight is 453 g/mol. The molecule has 3 aromatic rings. The molecule has 0 saturated carbocycles. The van der Waals surface area contributed by atoms with Gasteiger partial charge in [0.2, 0.25) is 0 Å². The highest BCUT2D eigenvalue weighted by molar-refractivity contribution is 7.07. The number of thiazole rings is 1. The Hall–Kier alpha value is -2.96. The monoisotopic (exact) mass is 452 g/mol. The molecule has 1 aromatic heterocycles. The van der Waals surface area contributed by atoms with Crippen molar-refractivity contribution in [2.75, 3.05) is 6.61 Å². The average Bonchev–Trinajstić information content (AvgIpc) is 3.04. The number of ether oxygens (including phenoxy) is 1. The van der Waals surface area contributed by atoms with Crippen LogP contribution in [0.2, 0.25) is 5.02 Å². The van der Waals surface area contributed by atoms with E-state index in [4.69, 9.17) is 16.3 Å². The van der Waals surface area contributed by atoms with E-state index in [2.05, 4.69) is 4.99 Å². The molecule has 31 heavy (non-hydrogen) atoms. The van der Waals surface area contributed by atoms with E-state index in [0.29, 0.717) is 25.6 Å². The van der Waals surface area contributed by atoms with Crippen LogP contribution in [0.25, 0.3) is 6.08 Å². The van der Waals surface area contributed by atoms with Gasteiger partial charge in [-0.25, -0.2) is 9.79 Å². The van der Waals surface area contributed by atoms with Crippen molar-refractivity contribution >= 4 is 35.0 Å². The molecule has 2 aromatic carbocycles. The highest BCUT2D eigenvalue weighted by atomic mass is 35.5. The predicted octanol–water partition coefficient (Wildman–Crippen LogP) is 3.76. The molecular formula is C24H21ClN2O3S. The third kappa shape index (κ3) is 4.01. The van der Waals surface area contributed by atoms with Gasteiger partial charge in [-0.1, -0.05) is 71.0 Å². The van der Waals surface area contributed by atoms with Crippen LogP contribution in [0.15, 0.2) is 69.6 Å². The molecule has 1 aliphatic heterocycles. The molecule has 0 unspecified atom stereocenters. The summed E-state index contributed by atoms with van der Waals surface area (Å²) in [4.78, 5) is 31.4. The van der Waals surface area contributed by atoms with E-state index >= 15 is 0 Å². The van der Waals surface area contributed by atoms with Crippen LogP contribution in [-0.4, -0.2) is 17.1 Å². The molecule has 0 saturated heterocycles. The van der Waals surface area contributed by atoms with Gasteiger partial charge in [0.15, 0.2) is 4.80 Å². The topological polar surface area (TPSA) is 60.7 Å². The number of hydrogen-bond donors (Lipinski definition) is 0. The Kier molecular flexibility index (Phi) is 5.94. The van der Waals surface area contributed by atoms with Crippen LogP contribution in [0.1, 0.15) is 36.6 Å². The highest BCUT2D eigenvalue weighted by Crippen LogP contribution is 2.30. The first-order chi connectivity index (χ1) is 14.9. The molecule has 5 nitrogen and oxygen atoms in total. The standard InChI is InChI=1S/C24H21ClN2O3S/c1-4-30-23(29)20-15(3)26-24-27(21(20)16-11-9-14(2)10-12-16)22(28)19(31-24)13-17-7-5-6-8-18(17)25/h5-13,21H,4H2,1-3H3/b19-13+/t21-/m0/s1. The molecule has 0 bridgehead atoms. The fourth-order valence-corrected chi connectivity index (χ4v) is 4.82. The van der Waals surface area contributed by atoms with Crippen LogP contribution < -0.4 is 14.9 Å². The van der Waals surface area contributed by atoms with E-state index in [1.807, 2.05) is 49.4 Å². The van der Waals surface area contributed by atoms with Gasteiger partial charge in [-0.3, -0.25) is 9.36 Å². The molecule has 0 aliphatic carbocycles. The Morgan fingerprint density at radius 1 is 1.19 bits per heavy atom. The molecule has 4 rings (SSSR count). The predicted molar refractivity (Wildman–Crippen MR) is 123 cm³/mol. The number of rotatable bonds is 4. The Morgan fingerprint density at radius 3 is 2.58 bits per heavy atom. The molecule has 0 amide bonds. The SMILES string of the molecule is CCOC(=O)C1=C(C)N=c2s/c(=C/c3ccccc3Cl)c(=O)n2[C@H]1c1ccc(C)cc1. The number of halogens is 1. The van der Waals surface area contributed by atoms with E-state index < -0.39 is 12.0 Å². The van der Waals surface area contributed by atoms with Gasteiger partial charge < -0.3 is 4.74 Å². The Bertz CT molecular complexity index is 1370. The molecule has 0 fully saturated rings. The minimum absolute atomic E-state index is 0.219. The van der Waals surface area contributed by atoms with Crippen LogP contribution in [0.4, 0.5) is 0 Å². The summed E-state index contributed by atoms with van der Waals surface area (Å²) in [6.45, 7) is 5.77. The lowest BCUT2D eigenvalue weighted by atomic mass is 9.95. The van der Waals surface area contributed by atoms with Gasteiger partial charge in [0.05, 0.1) is 28.5 Å². The zero-order chi connectivity index (χ0) is 22.1. The fourth-order valence-electron chi connectivity index (χ4n) is 3.59. The normalized spacial score (nSPS) is 16.1. The second-order valence-corrected chi connectivity index (χ2v) is 8.65.